The van der Waals surface area contributed by atoms with E-state index in [9.17, 15) is 9.18 Å². The number of halogens is 2. The van der Waals surface area contributed by atoms with Crippen LogP contribution in [-0.4, -0.2) is 74.4 Å². The van der Waals surface area contributed by atoms with Gasteiger partial charge in [0.25, 0.3) is 0 Å². The Morgan fingerprint density at radius 1 is 1.36 bits per heavy atom. The molecule has 2 aromatic rings. The fourth-order valence-corrected chi connectivity index (χ4v) is 5.16. The van der Waals surface area contributed by atoms with Gasteiger partial charge in [-0.3, -0.25) is 14.6 Å². The second kappa shape index (κ2) is 6.40. The normalized spacial score (nSPS) is 26.9. The van der Waals surface area contributed by atoms with Gasteiger partial charge in [0.2, 0.25) is 5.91 Å². The summed E-state index contributed by atoms with van der Waals surface area (Å²) in [5.41, 5.74) is 1.27. The van der Waals surface area contributed by atoms with E-state index < -0.39 is 0 Å². The average Bonchev–Trinajstić information content (AvgIpc) is 3.01. The Morgan fingerprint density at radius 2 is 2.11 bits per heavy atom. The molecular weight excluding hydrogens is 381 g/mol. The number of hydrogen-bond acceptors (Lipinski definition) is 4. The first kappa shape index (κ1) is 18.3. The summed E-state index contributed by atoms with van der Waals surface area (Å²) in [6.07, 6.45) is 2.25. The maximum Gasteiger partial charge on any atom is 0.237 e. The van der Waals surface area contributed by atoms with E-state index in [0.717, 1.165) is 38.3 Å². The second-order valence-corrected chi connectivity index (χ2v) is 9.39. The maximum atomic E-state index is 13.5. The summed E-state index contributed by atoms with van der Waals surface area (Å²) in [4.78, 5) is 27.1. The number of imidazole rings is 1. The number of fused-ring (bicyclic) bond motifs is 3. The Balaban J connectivity index is 1.21. The summed E-state index contributed by atoms with van der Waals surface area (Å²) in [7, 11) is 0. The number of piperazine rings is 1. The number of benzene rings is 1. The molecule has 2 atom stereocenters. The third-order valence-corrected chi connectivity index (χ3v) is 6.93. The van der Waals surface area contributed by atoms with Gasteiger partial charge in [0.1, 0.15) is 17.2 Å². The molecule has 0 saturated carbocycles. The van der Waals surface area contributed by atoms with Gasteiger partial charge in [-0.25, -0.2) is 9.37 Å². The number of carbonyl (C=O) groups is 1. The van der Waals surface area contributed by atoms with Crippen molar-refractivity contribution in [2.24, 2.45) is 0 Å². The zero-order chi connectivity index (χ0) is 19.6. The number of amides is 1. The van der Waals surface area contributed by atoms with E-state index in [4.69, 9.17) is 11.6 Å². The number of nitrogens with one attached hydrogen (secondary N) is 1. The molecule has 4 fully saturated rings. The number of H-pyrrole nitrogens is 1. The standard InChI is InChI=1S/C20H25ClFN5O/c1-20(2)3-4-27(20)18(28)11-26-13-7-14(26)9-25(8-13)10-17-23-16-6-12(22)5-15(21)19(16)24-17/h5-6,13-14H,3-4,7-11H2,1-2H3,(H,23,24). The number of rotatable bonds is 4. The van der Waals surface area contributed by atoms with Crippen molar-refractivity contribution in [2.45, 2.75) is 50.9 Å². The number of nitrogens with zero attached hydrogens (tertiary/aromatic N) is 4. The van der Waals surface area contributed by atoms with Crippen LogP contribution in [0.1, 0.15) is 32.5 Å². The summed E-state index contributed by atoms with van der Waals surface area (Å²) in [5.74, 6) is 0.694. The third-order valence-electron chi connectivity index (χ3n) is 6.64. The average molecular weight is 406 g/mol. The van der Waals surface area contributed by atoms with E-state index >= 15 is 0 Å². The molecule has 6 rings (SSSR count). The first-order valence-corrected chi connectivity index (χ1v) is 10.3. The van der Waals surface area contributed by atoms with E-state index in [1.165, 1.54) is 12.1 Å². The molecule has 1 aromatic carbocycles. The molecule has 0 aliphatic carbocycles. The van der Waals surface area contributed by atoms with Gasteiger partial charge in [-0.05, 0) is 38.8 Å². The van der Waals surface area contributed by atoms with Crippen LogP contribution in [0.15, 0.2) is 12.1 Å². The van der Waals surface area contributed by atoms with Gasteiger partial charge in [0.05, 0.1) is 23.6 Å². The summed E-state index contributed by atoms with van der Waals surface area (Å²) < 4.78 is 13.5. The van der Waals surface area contributed by atoms with Crippen LogP contribution in [0.4, 0.5) is 4.39 Å². The highest BCUT2D eigenvalue weighted by Crippen LogP contribution is 2.35. The first-order chi connectivity index (χ1) is 13.3. The lowest BCUT2D eigenvalue weighted by atomic mass is 9.86. The predicted octanol–water partition coefficient (Wildman–Crippen LogP) is 2.62. The molecule has 4 aliphatic heterocycles. The van der Waals surface area contributed by atoms with E-state index in [2.05, 4.69) is 33.6 Å². The molecule has 0 spiro atoms. The third kappa shape index (κ3) is 3.00. The molecule has 4 saturated heterocycles. The van der Waals surface area contributed by atoms with Crippen LogP contribution in [0, 0.1) is 5.82 Å². The van der Waals surface area contributed by atoms with Crippen LogP contribution in [0.2, 0.25) is 5.02 Å². The van der Waals surface area contributed by atoms with Crippen molar-refractivity contribution in [3.63, 3.8) is 0 Å². The molecule has 4 aliphatic rings. The molecule has 5 heterocycles. The maximum absolute atomic E-state index is 13.5. The van der Waals surface area contributed by atoms with Crippen molar-refractivity contribution in [1.82, 2.24) is 24.7 Å². The topological polar surface area (TPSA) is 55.5 Å². The van der Waals surface area contributed by atoms with Gasteiger partial charge in [0, 0.05) is 37.3 Å². The number of hydrogen-bond donors (Lipinski definition) is 1. The van der Waals surface area contributed by atoms with Crippen molar-refractivity contribution in [3.05, 3.63) is 28.8 Å². The lowest BCUT2D eigenvalue weighted by Gasteiger charge is -2.57. The quantitative estimate of drug-likeness (QED) is 0.849. The van der Waals surface area contributed by atoms with Gasteiger partial charge in [-0.1, -0.05) is 11.6 Å². The Hall–Kier alpha value is -1.70. The molecule has 6 nitrogen and oxygen atoms in total. The van der Waals surface area contributed by atoms with Crippen LogP contribution in [0.25, 0.3) is 11.0 Å². The van der Waals surface area contributed by atoms with Crippen LogP contribution >= 0.6 is 11.6 Å². The first-order valence-electron chi connectivity index (χ1n) is 9.92. The monoisotopic (exact) mass is 405 g/mol. The summed E-state index contributed by atoms with van der Waals surface area (Å²) in [6.45, 7) is 8.22. The van der Waals surface area contributed by atoms with Crippen LogP contribution < -0.4 is 0 Å². The highest BCUT2D eigenvalue weighted by atomic mass is 35.5. The molecule has 1 N–H and O–H groups in total. The zero-order valence-electron chi connectivity index (χ0n) is 16.2. The molecule has 150 valence electrons. The van der Waals surface area contributed by atoms with Gasteiger partial charge in [0.15, 0.2) is 0 Å². The van der Waals surface area contributed by atoms with E-state index in [-0.39, 0.29) is 17.3 Å². The fraction of sp³-hybridized carbons (Fsp3) is 0.600. The Morgan fingerprint density at radius 3 is 2.75 bits per heavy atom. The molecule has 8 heteroatoms. The minimum Gasteiger partial charge on any atom is -0.341 e. The van der Waals surface area contributed by atoms with Crippen molar-refractivity contribution < 1.29 is 9.18 Å². The minimum absolute atomic E-state index is 0.0190. The van der Waals surface area contributed by atoms with Gasteiger partial charge >= 0.3 is 0 Å². The number of likely N-dealkylation sites (tertiary alicyclic amines) is 1. The zero-order valence-corrected chi connectivity index (χ0v) is 17.0. The summed E-state index contributed by atoms with van der Waals surface area (Å²) in [6, 6.07) is 3.57. The van der Waals surface area contributed by atoms with Crippen molar-refractivity contribution >= 4 is 28.5 Å². The Kier molecular flexibility index (Phi) is 4.19. The van der Waals surface area contributed by atoms with Crippen LogP contribution in [0.3, 0.4) is 0 Å². The van der Waals surface area contributed by atoms with Crippen LogP contribution in [0.5, 0.6) is 0 Å². The minimum atomic E-state index is -0.363. The van der Waals surface area contributed by atoms with E-state index in [1.54, 1.807) is 0 Å². The van der Waals surface area contributed by atoms with Gasteiger partial charge in [-0.2, -0.15) is 0 Å². The Bertz CT molecular complexity index is 932. The molecule has 2 bridgehead atoms. The van der Waals surface area contributed by atoms with Crippen molar-refractivity contribution in [2.75, 3.05) is 26.2 Å². The summed E-state index contributed by atoms with van der Waals surface area (Å²) in [5, 5.41) is 0.331. The number of carbonyl (C=O) groups excluding carboxylic acids is 1. The smallest absolute Gasteiger partial charge is 0.237 e. The molecule has 1 aromatic heterocycles. The fourth-order valence-electron chi connectivity index (χ4n) is 4.92. The van der Waals surface area contributed by atoms with Gasteiger partial charge < -0.3 is 9.88 Å². The van der Waals surface area contributed by atoms with E-state index in [0.29, 0.717) is 41.2 Å². The lowest BCUT2D eigenvalue weighted by molar-refractivity contribution is -0.153. The highest BCUT2D eigenvalue weighted by Gasteiger charge is 2.47. The van der Waals surface area contributed by atoms with Crippen molar-refractivity contribution in [1.29, 1.82) is 0 Å². The number of piperidine rings is 1. The van der Waals surface area contributed by atoms with Crippen molar-refractivity contribution in [3.8, 4) is 0 Å². The molecular formula is C20H25ClFN5O. The molecule has 28 heavy (non-hydrogen) atoms. The largest absolute Gasteiger partial charge is 0.341 e. The Labute approximate surface area is 168 Å². The number of aromatic nitrogens is 2. The lowest BCUT2D eigenvalue weighted by Crippen LogP contribution is -2.71. The molecule has 0 radical (unpaired) electrons. The SMILES string of the molecule is CC1(C)CCN1C(=O)CN1C2CC1CN(Cc1nc3c(Cl)cc(F)cc3[nH]1)C2. The predicted molar refractivity (Wildman–Crippen MR) is 106 cm³/mol. The number of aromatic amines is 1. The summed E-state index contributed by atoms with van der Waals surface area (Å²) >= 11 is 6.10. The van der Waals surface area contributed by atoms with Gasteiger partial charge in [-0.15, -0.1) is 0 Å². The second-order valence-electron chi connectivity index (χ2n) is 8.98. The highest BCUT2D eigenvalue weighted by molar-refractivity contribution is 6.34. The van der Waals surface area contributed by atoms with Crippen LogP contribution in [-0.2, 0) is 11.3 Å². The molecule has 1 amide bonds. The van der Waals surface area contributed by atoms with E-state index in [1.807, 2.05) is 4.90 Å². The molecule has 2 unspecified atom stereocenters.